The number of rotatable bonds is 8. The fourth-order valence-corrected chi connectivity index (χ4v) is 3.57. The molecule has 1 aliphatic heterocycles. The van der Waals surface area contributed by atoms with Gasteiger partial charge in [0.1, 0.15) is 6.61 Å². The van der Waals surface area contributed by atoms with Crippen molar-refractivity contribution >= 4 is 23.4 Å². The lowest BCUT2D eigenvalue weighted by molar-refractivity contribution is -0.386. The zero-order chi connectivity index (χ0) is 24.7. The summed E-state index contributed by atoms with van der Waals surface area (Å²) in [6, 6.07) is 10.4. The van der Waals surface area contributed by atoms with Gasteiger partial charge in [-0.25, -0.2) is 4.79 Å². The number of nitrogens with zero attached hydrogens (tertiary/aromatic N) is 2. The van der Waals surface area contributed by atoms with Gasteiger partial charge in [-0.1, -0.05) is 18.2 Å². The summed E-state index contributed by atoms with van der Waals surface area (Å²) in [5.74, 6) is -1.92. The molecule has 2 aromatic rings. The van der Waals surface area contributed by atoms with Crippen molar-refractivity contribution in [2.45, 2.75) is 26.1 Å². The highest BCUT2D eigenvalue weighted by Crippen LogP contribution is 2.36. The Morgan fingerprint density at radius 1 is 1.24 bits per heavy atom. The molecule has 0 aromatic heterocycles. The topological polar surface area (TPSA) is 120 Å². The van der Waals surface area contributed by atoms with Gasteiger partial charge in [-0.05, 0) is 31.0 Å². The normalized spacial score (nSPS) is 15.5. The van der Waals surface area contributed by atoms with Crippen molar-refractivity contribution in [3.05, 3.63) is 58.1 Å². The number of carbonyl (C=O) groups excluding carboxylic acids is 2. The number of esters is 1. The molecule has 0 radical (unpaired) electrons. The molecule has 12 heteroatoms. The number of urea groups is 1. The van der Waals surface area contributed by atoms with Gasteiger partial charge in [0.25, 0.3) is 5.69 Å². The SMILES string of the molecule is COc1cc(COC(=O)C2CCCN(C(=O)Nc3ccccc3)C2)c([N+](=O)[O-])cc1OC(F)F. The highest BCUT2D eigenvalue weighted by atomic mass is 19.3. The van der Waals surface area contributed by atoms with Gasteiger partial charge in [0.2, 0.25) is 0 Å². The van der Waals surface area contributed by atoms with Crippen molar-refractivity contribution in [2.75, 3.05) is 25.5 Å². The van der Waals surface area contributed by atoms with E-state index in [2.05, 4.69) is 10.1 Å². The fourth-order valence-electron chi connectivity index (χ4n) is 3.57. The number of benzene rings is 2. The van der Waals surface area contributed by atoms with E-state index in [4.69, 9.17) is 9.47 Å². The largest absolute Gasteiger partial charge is 0.493 e. The van der Waals surface area contributed by atoms with Gasteiger partial charge in [-0.2, -0.15) is 8.78 Å². The summed E-state index contributed by atoms with van der Waals surface area (Å²) >= 11 is 0. The fraction of sp³-hybridized carbons (Fsp3) is 0.364. The van der Waals surface area contributed by atoms with Gasteiger partial charge in [-0.15, -0.1) is 0 Å². The van der Waals surface area contributed by atoms with Gasteiger partial charge >= 0.3 is 18.6 Å². The van der Waals surface area contributed by atoms with Crippen LogP contribution in [0.1, 0.15) is 18.4 Å². The van der Waals surface area contributed by atoms with Gasteiger partial charge in [-0.3, -0.25) is 14.9 Å². The van der Waals surface area contributed by atoms with Gasteiger partial charge in [0.15, 0.2) is 11.5 Å². The molecule has 34 heavy (non-hydrogen) atoms. The number of nitrogens with one attached hydrogen (secondary N) is 1. The second kappa shape index (κ2) is 11.3. The Labute approximate surface area is 193 Å². The maximum Gasteiger partial charge on any atom is 0.387 e. The van der Waals surface area contributed by atoms with E-state index in [9.17, 15) is 28.5 Å². The van der Waals surface area contributed by atoms with Crippen LogP contribution < -0.4 is 14.8 Å². The molecule has 10 nitrogen and oxygen atoms in total. The van der Waals surface area contributed by atoms with E-state index < -0.39 is 41.5 Å². The summed E-state index contributed by atoms with van der Waals surface area (Å²) in [7, 11) is 1.19. The Morgan fingerprint density at radius 3 is 2.62 bits per heavy atom. The zero-order valence-electron chi connectivity index (χ0n) is 18.2. The number of nitro benzene ring substituents is 1. The van der Waals surface area contributed by atoms with Crippen LogP contribution in [0.5, 0.6) is 11.5 Å². The van der Waals surface area contributed by atoms with Crippen molar-refractivity contribution in [1.29, 1.82) is 0 Å². The number of ether oxygens (including phenoxy) is 3. The number of halogens is 2. The van der Waals surface area contributed by atoms with E-state index in [1.807, 2.05) is 6.07 Å². The summed E-state index contributed by atoms with van der Waals surface area (Å²) in [5.41, 5.74) is 0.0146. The minimum atomic E-state index is -3.20. The predicted octanol–water partition coefficient (Wildman–Crippen LogP) is 4.19. The standard InChI is InChI=1S/C22H23F2N3O7/c1-32-18-10-15(17(27(30)31)11-19(18)34-21(23)24)13-33-20(28)14-6-5-9-26(12-14)22(29)25-16-7-3-2-4-8-16/h2-4,7-8,10-11,14,21H,5-6,9,12-13H2,1H3,(H,25,29). The molecule has 0 spiro atoms. The molecule has 2 aromatic carbocycles. The van der Waals surface area contributed by atoms with Crippen molar-refractivity contribution in [1.82, 2.24) is 4.90 Å². The average Bonchev–Trinajstić information content (AvgIpc) is 2.83. The van der Waals surface area contributed by atoms with Gasteiger partial charge in [0, 0.05) is 18.8 Å². The smallest absolute Gasteiger partial charge is 0.387 e. The monoisotopic (exact) mass is 479 g/mol. The lowest BCUT2D eigenvalue weighted by Crippen LogP contribution is -2.44. The molecule has 1 N–H and O–H groups in total. The maximum absolute atomic E-state index is 12.6. The maximum atomic E-state index is 12.6. The third-order valence-electron chi connectivity index (χ3n) is 5.21. The predicted molar refractivity (Wildman–Crippen MR) is 116 cm³/mol. The molecule has 0 saturated carbocycles. The Morgan fingerprint density at radius 2 is 1.97 bits per heavy atom. The van der Waals surface area contributed by atoms with E-state index in [0.717, 1.165) is 12.1 Å². The number of hydrogen-bond donors (Lipinski definition) is 1. The molecule has 2 amide bonds. The first-order valence-corrected chi connectivity index (χ1v) is 10.4. The highest BCUT2D eigenvalue weighted by molar-refractivity contribution is 5.89. The first-order chi connectivity index (χ1) is 16.3. The van der Waals surface area contributed by atoms with E-state index >= 15 is 0 Å². The van der Waals surface area contributed by atoms with E-state index in [1.54, 1.807) is 24.3 Å². The van der Waals surface area contributed by atoms with Crippen LogP contribution >= 0.6 is 0 Å². The van der Waals surface area contributed by atoms with Crippen LogP contribution in [0, 0.1) is 16.0 Å². The summed E-state index contributed by atoms with van der Waals surface area (Å²) in [5, 5.41) is 14.2. The molecule has 0 bridgehead atoms. The molecule has 1 heterocycles. The zero-order valence-corrected chi connectivity index (χ0v) is 18.2. The summed E-state index contributed by atoms with van der Waals surface area (Å²) in [6.07, 6.45) is 1.07. The first kappa shape index (κ1) is 24.7. The molecule has 1 atom stereocenters. The highest BCUT2D eigenvalue weighted by Gasteiger charge is 2.30. The molecule has 1 aliphatic rings. The third-order valence-corrected chi connectivity index (χ3v) is 5.21. The van der Waals surface area contributed by atoms with E-state index in [1.165, 1.54) is 12.0 Å². The van der Waals surface area contributed by atoms with Crippen molar-refractivity contribution < 1.29 is 37.5 Å². The quantitative estimate of drug-likeness (QED) is 0.342. The molecule has 0 aliphatic carbocycles. The van der Waals surface area contributed by atoms with Crippen molar-refractivity contribution in [3.63, 3.8) is 0 Å². The molecule has 3 rings (SSSR count). The van der Waals surface area contributed by atoms with Crippen LogP contribution in [0.25, 0.3) is 0 Å². The number of para-hydroxylation sites is 1. The third kappa shape index (κ3) is 6.30. The number of amides is 2. The molecule has 182 valence electrons. The number of piperidine rings is 1. The Hall–Kier alpha value is -3.96. The number of hydrogen-bond acceptors (Lipinski definition) is 7. The van der Waals surface area contributed by atoms with Crippen molar-refractivity contribution in [2.24, 2.45) is 5.92 Å². The van der Waals surface area contributed by atoms with Crippen LogP contribution in [-0.4, -0.2) is 48.6 Å². The van der Waals surface area contributed by atoms with E-state index in [0.29, 0.717) is 25.1 Å². The number of likely N-dealkylation sites (tertiary alicyclic amines) is 1. The number of carbonyl (C=O) groups is 2. The molecular formula is C22H23F2N3O7. The van der Waals surface area contributed by atoms with Crippen LogP contribution in [0.4, 0.5) is 25.0 Å². The summed E-state index contributed by atoms with van der Waals surface area (Å²) in [6.45, 7) is -3.08. The van der Waals surface area contributed by atoms with Crippen molar-refractivity contribution in [3.8, 4) is 11.5 Å². The van der Waals surface area contributed by atoms with Crippen LogP contribution in [-0.2, 0) is 16.1 Å². The Balaban J connectivity index is 1.65. The van der Waals surface area contributed by atoms with Crippen LogP contribution in [0.15, 0.2) is 42.5 Å². The molecule has 1 saturated heterocycles. The van der Waals surface area contributed by atoms with Crippen LogP contribution in [0.2, 0.25) is 0 Å². The van der Waals surface area contributed by atoms with Gasteiger partial charge in [0.05, 0.1) is 29.6 Å². The number of alkyl halides is 2. The molecular weight excluding hydrogens is 456 g/mol. The number of methoxy groups -OCH3 is 1. The Bertz CT molecular complexity index is 1040. The number of anilines is 1. The first-order valence-electron chi connectivity index (χ1n) is 10.4. The Kier molecular flexibility index (Phi) is 8.17. The lowest BCUT2D eigenvalue weighted by Gasteiger charge is -2.31. The number of nitro groups is 1. The molecule has 1 fully saturated rings. The minimum Gasteiger partial charge on any atom is -0.493 e. The summed E-state index contributed by atoms with van der Waals surface area (Å²) < 4.78 is 39.7. The second-order valence-corrected chi connectivity index (χ2v) is 7.46. The van der Waals surface area contributed by atoms with Crippen LogP contribution in [0.3, 0.4) is 0 Å². The lowest BCUT2D eigenvalue weighted by atomic mass is 9.98. The van der Waals surface area contributed by atoms with E-state index in [-0.39, 0.29) is 23.9 Å². The second-order valence-electron chi connectivity index (χ2n) is 7.46. The average molecular weight is 479 g/mol. The van der Waals surface area contributed by atoms with Gasteiger partial charge < -0.3 is 24.4 Å². The summed E-state index contributed by atoms with van der Waals surface area (Å²) in [4.78, 5) is 37.3. The molecule has 1 unspecified atom stereocenters. The minimum absolute atomic E-state index is 0.0497.